The lowest BCUT2D eigenvalue weighted by Gasteiger charge is -2.35. The highest BCUT2D eigenvalue weighted by Crippen LogP contribution is 2.60. The normalized spacial score (nSPS) is 25.5. The van der Waals surface area contributed by atoms with Crippen molar-refractivity contribution in [1.82, 2.24) is 10.0 Å². The standard InChI is InChI=1S/C36H26Cl2N6O8/c1-17-9-11-21(15-25(17)37)39-33(45)27-29(19-5-3-7-23(13-19)43(49)50)42-32-28(34(46)40(36(32)48)22-12-10-18(2)26(38)16-22)30(41(42)31(27)35(39)47)20-6-4-8-24(14-20)44(51)52/h3-16,27-32H,1-2H3. The van der Waals surface area contributed by atoms with Crippen molar-refractivity contribution in [3.8, 4) is 0 Å². The van der Waals surface area contributed by atoms with Gasteiger partial charge in [-0.25, -0.2) is 19.8 Å². The summed E-state index contributed by atoms with van der Waals surface area (Å²) in [7, 11) is 0. The second kappa shape index (κ2) is 12.0. The van der Waals surface area contributed by atoms with Crippen LogP contribution in [0.15, 0.2) is 84.9 Å². The molecule has 8 rings (SSSR count). The summed E-state index contributed by atoms with van der Waals surface area (Å²) in [5.41, 5.74) is 1.75. The number of rotatable bonds is 6. The van der Waals surface area contributed by atoms with Crippen LogP contribution in [0.4, 0.5) is 22.7 Å². The van der Waals surface area contributed by atoms with Gasteiger partial charge in [0.05, 0.1) is 45.1 Å². The molecule has 0 saturated carbocycles. The molecule has 52 heavy (non-hydrogen) atoms. The molecule has 0 aromatic heterocycles. The number of benzene rings is 4. The maximum atomic E-state index is 14.7. The van der Waals surface area contributed by atoms with Crippen molar-refractivity contribution in [2.45, 2.75) is 38.0 Å². The van der Waals surface area contributed by atoms with E-state index in [4.69, 9.17) is 23.2 Å². The first kappa shape index (κ1) is 33.6. The molecule has 4 aliphatic heterocycles. The van der Waals surface area contributed by atoms with E-state index in [-0.39, 0.29) is 33.9 Å². The molecule has 6 unspecified atom stereocenters. The van der Waals surface area contributed by atoms with Crippen LogP contribution in [0.5, 0.6) is 0 Å². The highest BCUT2D eigenvalue weighted by Gasteiger charge is 2.73. The fourth-order valence-electron chi connectivity index (χ4n) is 8.09. The second-order valence-electron chi connectivity index (χ2n) is 13.2. The van der Waals surface area contributed by atoms with Crippen LogP contribution in [-0.2, 0) is 19.2 Å². The van der Waals surface area contributed by atoms with Gasteiger partial charge in [0.2, 0.25) is 11.8 Å². The lowest BCUT2D eigenvalue weighted by atomic mass is 9.84. The van der Waals surface area contributed by atoms with Crippen LogP contribution < -0.4 is 9.80 Å². The Labute approximate surface area is 305 Å². The number of amides is 4. The number of carbonyl (C=O) groups is 4. The van der Waals surface area contributed by atoms with Gasteiger partial charge < -0.3 is 0 Å². The first-order chi connectivity index (χ1) is 24.8. The van der Waals surface area contributed by atoms with Gasteiger partial charge in [-0.1, -0.05) is 59.6 Å². The summed E-state index contributed by atoms with van der Waals surface area (Å²) >= 11 is 12.8. The molecule has 16 heteroatoms. The van der Waals surface area contributed by atoms with Crippen LogP contribution >= 0.6 is 23.2 Å². The molecule has 6 atom stereocenters. The largest absolute Gasteiger partial charge is 0.274 e. The van der Waals surface area contributed by atoms with Crippen molar-refractivity contribution < 1.29 is 29.0 Å². The number of nitro groups is 2. The molecule has 4 saturated heterocycles. The average Bonchev–Trinajstić information content (AvgIpc) is 3.78. The summed E-state index contributed by atoms with van der Waals surface area (Å²) in [5.74, 6) is -5.08. The van der Waals surface area contributed by atoms with Crippen LogP contribution in [-0.4, -0.2) is 55.6 Å². The molecule has 0 aliphatic carbocycles. The van der Waals surface area contributed by atoms with Crippen molar-refractivity contribution in [3.05, 3.63) is 137 Å². The molecule has 4 aromatic rings. The summed E-state index contributed by atoms with van der Waals surface area (Å²) in [6.07, 6.45) is 0. The zero-order chi connectivity index (χ0) is 36.9. The van der Waals surface area contributed by atoms with Crippen molar-refractivity contribution in [2.24, 2.45) is 11.8 Å². The van der Waals surface area contributed by atoms with Gasteiger partial charge in [-0.3, -0.25) is 39.4 Å². The van der Waals surface area contributed by atoms with Crippen LogP contribution in [0.1, 0.15) is 34.3 Å². The van der Waals surface area contributed by atoms with E-state index in [9.17, 15) is 39.4 Å². The van der Waals surface area contributed by atoms with E-state index in [2.05, 4.69) is 0 Å². The zero-order valence-electron chi connectivity index (χ0n) is 27.3. The lowest BCUT2D eigenvalue weighted by molar-refractivity contribution is -0.385. The Kier molecular flexibility index (Phi) is 7.77. The van der Waals surface area contributed by atoms with E-state index < -0.39 is 69.5 Å². The first-order valence-corrected chi connectivity index (χ1v) is 16.9. The number of fused-ring (bicyclic) bond motifs is 5. The quantitative estimate of drug-likeness (QED) is 0.132. The topological polar surface area (TPSA) is 168 Å². The molecule has 4 fully saturated rings. The third-order valence-electron chi connectivity index (χ3n) is 10.4. The molecule has 0 bridgehead atoms. The number of hydrazine groups is 1. The summed E-state index contributed by atoms with van der Waals surface area (Å²) in [6, 6.07) is 15.7. The Morgan fingerprint density at radius 1 is 0.538 bits per heavy atom. The Hall–Kier alpha value is -5.54. The van der Waals surface area contributed by atoms with Gasteiger partial charge in [-0.05, 0) is 60.4 Å². The highest BCUT2D eigenvalue weighted by molar-refractivity contribution is 6.33. The Bertz CT molecular complexity index is 2140. The molecule has 14 nitrogen and oxygen atoms in total. The number of non-ortho nitro benzene ring substituents is 2. The molecule has 4 amide bonds. The van der Waals surface area contributed by atoms with Gasteiger partial charge in [-0.2, -0.15) is 0 Å². The van der Waals surface area contributed by atoms with Crippen molar-refractivity contribution in [2.75, 3.05) is 9.80 Å². The zero-order valence-corrected chi connectivity index (χ0v) is 28.8. The molecule has 262 valence electrons. The number of hydrogen-bond acceptors (Lipinski definition) is 10. The summed E-state index contributed by atoms with van der Waals surface area (Å²) in [4.78, 5) is 83.3. The van der Waals surface area contributed by atoms with Crippen molar-refractivity contribution in [3.63, 3.8) is 0 Å². The molecular weight excluding hydrogens is 715 g/mol. The number of aryl methyl sites for hydroxylation is 2. The van der Waals surface area contributed by atoms with Crippen molar-refractivity contribution >= 4 is 69.6 Å². The number of carbonyl (C=O) groups excluding carboxylic acids is 4. The van der Waals surface area contributed by atoms with Gasteiger partial charge in [0, 0.05) is 34.3 Å². The van der Waals surface area contributed by atoms with Crippen LogP contribution in [0.25, 0.3) is 0 Å². The predicted molar refractivity (Wildman–Crippen MR) is 187 cm³/mol. The van der Waals surface area contributed by atoms with Crippen LogP contribution in [0, 0.1) is 45.9 Å². The fraction of sp³-hybridized carbons (Fsp3) is 0.222. The van der Waals surface area contributed by atoms with Crippen LogP contribution in [0.2, 0.25) is 10.0 Å². The number of hydrogen-bond donors (Lipinski definition) is 0. The van der Waals surface area contributed by atoms with Gasteiger partial charge in [-0.15, -0.1) is 0 Å². The summed E-state index contributed by atoms with van der Waals surface area (Å²) in [5, 5.41) is 27.6. The SMILES string of the molecule is Cc1ccc(N2C(=O)C3C(C2=O)N2C(c4cccc([N+](=O)[O-])c4)C4C(=O)N(c5ccc(C)c(Cl)c5)C(=O)C4N2C3c2cccc([N+](=O)[O-])c2)cc1Cl. The third kappa shape index (κ3) is 4.79. The number of halogens is 2. The number of nitrogens with zero attached hydrogens (tertiary/aromatic N) is 6. The van der Waals surface area contributed by atoms with Crippen molar-refractivity contribution in [1.29, 1.82) is 0 Å². The minimum Gasteiger partial charge on any atom is -0.274 e. The number of nitro benzene ring substituents is 2. The van der Waals surface area contributed by atoms with Gasteiger partial charge in [0.15, 0.2) is 0 Å². The Balaban J connectivity index is 1.36. The lowest BCUT2D eigenvalue weighted by Crippen LogP contribution is -2.50. The van der Waals surface area contributed by atoms with E-state index in [1.165, 1.54) is 58.5 Å². The summed E-state index contributed by atoms with van der Waals surface area (Å²) < 4.78 is 0. The molecule has 4 aliphatic rings. The van der Waals surface area contributed by atoms with E-state index in [0.29, 0.717) is 21.2 Å². The maximum Gasteiger partial charge on any atom is 0.269 e. The second-order valence-corrected chi connectivity index (χ2v) is 14.0. The minimum absolute atomic E-state index is 0.199. The maximum absolute atomic E-state index is 14.7. The third-order valence-corrected chi connectivity index (χ3v) is 11.2. The number of anilines is 2. The van der Waals surface area contributed by atoms with E-state index >= 15 is 0 Å². The smallest absolute Gasteiger partial charge is 0.269 e. The first-order valence-electron chi connectivity index (χ1n) is 16.1. The van der Waals surface area contributed by atoms with E-state index in [1.54, 1.807) is 50.2 Å². The average molecular weight is 742 g/mol. The van der Waals surface area contributed by atoms with Gasteiger partial charge >= 0.3 is 0 Å². The molecule has 0 radical (unpaired) electrons. The summed E-state index contributed by atoms with van der Waals surface area (Å²) in [6.45, 7) is 3.53. The molecule has 4 aromatic carbocycles. The Morgan fingerprint density at radius 3 is 1.27 bits per heavy atom. The Morgan fingerprint density at radius 2 is 0.923 bits per heavy atom. The minimum atomic E-state index is -1.31. The van der Waals surface area contributed by atoms with E-state index in [1.807, 2.05) is 0 Å². The molecule has 4 heterocycles. The molecule has 0 N–H and O–H groups in total. The van der Waals surface area contributed by atoms with Gasteiger partial charge in [0.25, 0.3) is 23.2 Å². The van der Waals surface area contributed by atoms with E-state index in [0.717, 1.165) is 9.80 Å². The predicted octanol–water partition coefficient (Wildman–Crippen LogP) is 5.87. The van der Waals surface area contributed by atoms with Crippen LogP contribution in [0.3, 0.4) is 0 Å². The highest BCUT2D eigenvalue weighted by atomic mass is 35.5. The molecular formula is C36H26Cl2N6O8. The monoisotopic (exact) mass is 740 g/mol. The molecule has 0 spiro atoms. The van der Waals surface area contributed by atoms with Gasteiger partial charge in [0.1, 0.15) is 12.1 Å². The number of imide groups is 2. The fourth-order valence-corrected chi connectivity index (χ4v) is 8.44.